The predicted octanol–water partition coefficient (Wildman–Crippen LogP) is 3.02. The van der Waals surface area contributed by atoms with Crippen molar-refractivity contribution in [2.45, 2.75) is 6.42 Å². The Kier molecular flexibility index (Phi) is 4.31. The van der Waals surface area contributed by atoms with E-state index in [4.69, 9.17) is 10.5 Å². The monoisotopic (exact) mass is 244 g/mol. The van der Waals surface area contributed by atoms with E-state index in [-0.39, 0.29) is 5.82 Å². The zero-order valence-electron chi connectivity index (χ0n) is 10.0. The molecule has 3 heteroatoms. The average molecular weight is 244 g/mol. The van der Waals surface area contributed by atoms with Crippen molar-refractivity contribution in [2.24, 2.45) is 5.73 Å². The lowest BCUT2D eigenvalue weighted by Crippen LogP contribution is -2.06. The lowest BCUT2D eigenvalue weighted by Gasteiger charge is -2.08. The molecule has 2 rings (SSSR count). The Hall–Kier alpha value is -1.87. The van der Waals surface area contributed by atoms with Crippen LogP contribution in [0.25, 0.3) is 11.1 Å². The van der Waals surface area contributed by atoms with Gasteiger partial charge in [0.15, 0.2) is 0 Å². The number of ether oxygens (including phenoxy) is 1. The van der Waals surface area contributed by atoms with Crippen molar-refractivity contribution in [3.63, 3.8) is 0 Å². The van der Waals surface area contributed by atoms with Crippen LogP contribution in [0.5, 0.6) is 5.75 Å². The molecule has 0 unspecified atom stereocenters. The first kappa shape index (κ1) is 12.6. The molecule has 0 bridgehead atoms. The maximum atomic E-state index is 13.7. The summed E-state index contributed by atoms with van der Waals surface area (Å²) < 4.78 is 19.2. The third-order valence-electron chi connectivity index (χ3n) is 2.56. The average Bonchev–Trinajstić information content (AvgIpc) is 2.42. The maximum Gasteiger partial charge on any atom is 0.131 e. The van der Waals surface area contributed by atoms with Crippen molar-refractivity contribution in [3.8, 4) is 16.9 Å². The second kappa shape index (κ2) is 6.17. The second-order valence-corrected chi connectivity index (χ2v) is 3.92. The van der Waals surface area contributed by atoms with Crippen LogP contribution in [-0.2, 0) is 0 Å². The van der Waals surface area contributed by atoms with E-state index in [2.05, 4.69) is 6.07 Å². The van der Waals surface area contributed by atoms with Crippen LogP contribution in [0, 0.1) is 11.9 Å². The van der Waals surface area contributed by atoms with Crippen molar-refractivity contribution >= 4 is 0 Å². The summed E-state index contributed by atoms with van der Waals surface area (Å²) in [6, 6.07) is 15.1. The molecule has 0 aromatic heterocycles. The first-order valence-corrected chi connectivity index (χ1v) is 5.91. The number of hydrogen-bond donors (Lipinski definition) is 1. The summed E-state index contributed by atoms with van der Waals surface area (Å²) in [5, 5.41) is 0. The number of hydrogen-bond acceptors (Lipinski definition) is 2. The van der Waals surface area contributed by atoms with Crippen LogP contribution in [0.2, 0.25) is 0 Å². The minimum absolute atomic E-state index is 0.299. The van der Waals surface area contributed by atoms with Crippen molar-refractivity contribution in [1.82, 2.24) is 0 Å². The van der Waals surface area contributed by atoms with Gasteiger partial charge in [0.1, 0.15) is 11.6 Å². The van der Waals surface area contributed by atoms with Gasteiger partial charge in [-0.15, -0.1) is 0 Å². The SMILES string of the molecule is NCCCOc1[c]cc(F)c(-c2ccccc2)c1. The van der Waals surface area contributed by atoms with Gasteiger partial charge in [0.25, 0.3) is 0 Å². The van der Waals surface area contributed by atoms with Gasteiger partial charge < -0.3 is 10.5 Å². The van der Waals surface area contributed by atoms with Gasteiger partial charge in [-0.3, -0.25) is 0 Å². The summed E-state index contributed by atoms with van der Waals surface area (Å²) in [5.41, 5.74) is 6.74. The molecule has 0 aliphatic carbocycles. The summed E-state index contributed by atoms with van der Waals surface area (Å²) in [7, 11) is 0. The standard InChI is InChI=1S/C15H15FNO/c16-15-8-7-13(18-10-4-9-17)11-14(15)12-5-2-1-3-6-12/h1-3,5-6,8,11H,4,9-10,17H2. The number of nitrogens with two attached hydrogens (primary N) is 1. The zero-order valence-corrected chi connectivity index (χ0v) is 10.0. The highest BCUT2D eigenvalue weighted by atomic mass is 19.1. The molecule has 2 N–H and O–H groups in total. The van der Waals surface area contributed by atoms with Crippen LogP contribution in [0.1, 0.15) is 6.42 Å². The molecule has 0 saturated carbocycles. The molecule has 2 aromatic rings. The van der Waals surface area contributed by atoms with Gasteiger partial charge in [-0.2, -0.15) is 0 Å². The topological polar surface area (TPSA) is 35.2 Å². The molecule has 2 nitrogen and oxygen atoms in total. The Labute approximate surface area is 106 Å². The van der Waals surface area contributed by atoms with Crippen molar-refractivity contribution in [3.05, 3.63) is 54.3 Å². The molecule has 0 spiro atoms. The minimum atomic E-state index is -0.299. The molecule has 0 aliphatic heterocycles. The molecule has 0 fully saturated rings. The highest BCUT2D eigenvalue weighted by Crippen LogP contribution is 2.26. The fraction of sp³-hybridized carbons (Fsp3) is 0.200. The summed E-state index contributed by atoms with van der Waals surface area (Å²) in [6.07, 6.45) is 0.770. The van der Waals surface area contributed by atoms with Crippen molar-refractivity contribution in [2.75, 3.05) is 13.2 Å². The second-order valence-electron chi connectivity index (χ2n) is 3.92. The molecule has 93 valence electrons. The lowest BCUT2D eigenvalue weighted by molar-refractivity contribution is 0.312. The van der Waals surface area contributed by atoms with Crippen molar-refractivity contribution < 1.29 is 9.13 Å². The zero-order chi connectivity index (χ0) is 12.8. The fourth-order valence-corrected chi connectivity index (χ4v) is 1.64. The summed E-state index contributed by atoms with van der Waals surface area (Å²) in [5.74, 6) is 0.246. The van der Waals surface area contributed by atoms with Gasteiger partial charge in [0.05, 0.1) is 6.61 Å². The molecule has 18 heavy (non-hydrogen) atoms. The van der Waals surface area contributed by atoms with Crippen LogP contribution in [0.3, 0.4) is 0 Å². The summed E-state index contributed by atoms with van der Waals surface area (Å²) in [4.78, 5) is 0. The van der Waals surface area contributed by atoms with Crippen LogP contribution in [0.15, 0.2) is 42.5 Å². The van der Waals surface area contributed by atoms with E-state index < -0.39 is 0 Å². The van der Waals surface area contributed by atoms with Crippen LogP contribution < -0.4 is 10.5 Å². The Balaban J connectivity index is 2.22. The van der Waals surface area contributed by atoms with E-state index in [1.54, 1.807) is 6.07 Å². The molecule has 0 aliphatic rings. The van der Waals surface area contributed by atoms with E-state index in [1.165, 1.54) is 6.07 Å². The largest absolute Gasteiger partial charge is 0.493 e. The van der Waals surface area contributed by atoms with Gasteiger partial charge in [-0.25, -0.2) is 4.39 Å². The molecule has 1 radical (unpaired) electrons. The van der Waals surface area contributed by atoms with E-state index in [1.807, 2.05) is 30.3 Å². The predicted molar refractivity (Wildman–Crippen MR) is 69.8 cm³/mol. The normalized spacial score (nSPS) is 10.3. The van der Waals surface area contributed by atoms with E-state index >= 15 is 0 Å². The maximum absolute atomic E-state index is 13.7. The quantitative estimate of drug-likeness (QED) is 0.820. The van der Waals surface area contributed by atoms with Crippen LogP contribution in [0.4, 0.5) is 4.39 Å². The number of rotatable bonds is 5. The van der Waals surface area contributed by atoms with Gasteiger partial charge >= 0.3 is 0 Å². The minimum Gasteiger partial charge on any atom is -0.493 e. The van der Waals surface area contributed by atoms with Gasteiger partial charge in [0, 0.05) is 11.6 Å². The van der Waals surface area contributed by atoms with Crippen LogP contribution >= 0.6 is 0 Å². The molecule has 0 amide bonds. The van der Waals surface area contributed by atoms with E-state index in [9.17, 15) is 4.39 Å². The highest BCUT2D eigenvalue weighted by Gasteiger charge is 2.06. The third kappa shape index (κ3) is 3.08. The number of halogens is 1. The first-order valence-electron chi connectivity index (χ1n) is 5.91. The fourth-order valence-electron chi connectivity index (χ4n) is 1.64. The van der Waals surface area contributed by atoms with E-state index in [0.717, 1.165) is 12.0 Å². The van der Waals surface area contributed by atoms with Crippen LogP contribution in [-0.4, -0.2) is 13.2 Å². The Bertz CT molecular complexity index is 499. The van der Waals surface area contributed by atoms with E-state index in [0.29, 0.717) is 24.5 Å². The number of benzene rings is 2. The molecular formula is C15H15FNO. The molecule has 0 heterocycles. The van der Waals surface area contributed by atoms with Gasteiger partial charge in [-0.05, 0) is 30.7 Å². The Morgan fingerprint density at radius 2 is 2.00 bits per heavy atom. The summed E-state index contributed by atoms with van der Waals surface area (Å²) in [6.45, 7) is 1.10. The molecular weight excluding hydrogens is 229 g/mol. The lowest BCUT2D eigenvalue weighted by atomic mass is 10.1. The summed E-state index contributed by atoms with van der Waals surface area (Å²) >= 11 is 0. The molecule has 0 atom stereocenters. The van der Waals surface area contributed by atoms with Gasteiger partial charge in [-0.1, -0.05) is 30.3 Å². The first-order chi connectivity index (χ1) is 8.81. The Morgan fingerprint density at radius 3 is 2.72 bits per heavy atom. The third-order valence-corrected chi connectivity index (χ3v) is 2.56. The Morgan fingerprint density at radius 1 is 1.22 bits per heavy atom. The van der Waals surface area contributed by atoms with Crippen molar-refractivity contribution in [1.29, 1.82) is 0 Å². The van der Waals surface area contributed by atoms with Gasteiger partial charge in [0.2, 0.25) is 0 Å². The molecule has 0 saturated heterocycles. The molecule has 2 aromatic carbocycles. The highest BCUT2D eigenvalue weighted by molar-refractivity contribution is 5.65. The smallest absolute Gasteiger partial charge is 0.131 e.